The predicted molar refractivity (Wildman–Crippen MR) is 254 cm³/mol. The van der Waals surface area contributed by atoms with Crippen LogP contribution in [0.4, 0.5) is 0 Å². The molecule has 0 aliphatic heterocycles. The Morgan fingerprint density at radius 1 is 0.603 bits per heavy atom. The largest absolute Gasteiger partial charge is 0.472 e. The lowest BCUT2D eigenvalue weighted by atomic mass is 10.0. The molecule has 2 heterocycles. The van der Waals surface area contributed by atoms with E-state index in [0.717, 1.165) is 88.6 Å². The Kier molecular flexibility index (Phi) is 32.2. The van der Waals surface area contributed by atoms with Gasteiger partial charge in [-0.1, -0.05) is 129 Å². The summed E-state index contributed by atoms with van der Waals surface area (Å²) in [5, 5.41) is 2.83. The van der Waals surface area contributed by atoms with Crippen molar-refractivity contribution in [1.29, 1.82) is 0 Å². The Bertz CT molecular complexity index is 1520. The van der Waals surface area contributed by atoms with Gasteiger partial charge in [0.2, 0.25) is 0 Å². The van der Waals surface area contributed by atoms with Crippen LogP contribution in [0.15, 0.2) is 14.9 Å². The highest BCUT2D eigenvalue weighted by molar-refractivity contribution is 7.47. The minimum absolute atomic E-state index is 0.0267. The fourth-order valence-corrected chi connectivity index (χ4v) is 8.68. The van der Waals surface area contributed by atoms with E-state index >= 15 is 0 Å². The van der Waals surface area contributed by atoms with Crippen molar-refractivity contribution in [3.8, 4) is 0 Å². The van der Waals surface area contributed by atoms with E-state index in [1.54, 1.807) is 7.05 Å². The first-order valence-corrected chi connectivity index (χ1v) is 26.8. The molecule has 2 aromatic rings. The molecule has 0 aliphatic carbocycles. The predicted octanol–water partition coefficient (Wildman–Crippen LogP) is 13.7. The van der Waals surface area contributed by atoms with Gasteiger partial charge in [-0.15, -0.1) is 0 Å². The number of hydrogen-bond donors (Lipinski definition) is 2. The monoisotopic (exact) mass is 908 g/mol. The molecule has 0 aliphatic rings. The summed E-state index contributed by atoms with van der Waals surface area (Å²) in [5.41, 5.74) is 3.97. The summed E-state index contributed by atoms with van der Waals surface area (Å²) < 4.78 is 45.8. The minimum Gasteiger partial charge on any atom is -0.466 e. The third kappa shape index (κ3) is 27.6. The number of phosphoric ester groups is 1. The maximum atomic E-state index is 12.7. The average molecular weight is 908 g/mol. The van der Waals surface area contributed by atoms with Gasteiger partial charge < -0.3 is 28.5 Å². The van der Waals surface area contributed by atoms with Crippen molar-refractivity contribution in [2.45, 2.75) is 233 Å². The quantitative estimate of drug-likeness (QED) is 0.0373. The zero-order valence-corrected chi connectivity index (χ0v) is 41.7. The van der Waals surface area contributed by atoms with Gasteiger partial charge in [-0.3, -0.25) is 18.6 Å². The average Bonchev–Trinajstić information content (AvgIpc) is 3.75. The van der Waals surface area contributed by atoms with Gasteiger partial charge in [0.05, 0.1) is 13.2 Å². The molecule has 12 heteroatoms. The van der Waals surface area contributed by atoms with Crippen LogP contribution in [0.1, 0.15) is 221 Å². The Hall–Kier alpha value is -2.43. The Balaban J connectivity index is 1.56. The topological polar surface area (TPSA) is 147 Å². The molecule has 11 nitrogen and oxygen atoms in total. The van der Waals surface area contributed by atoms with Gasteiger partial charge in [-0.25, -0.2) is 4.57 Å². The molecule has 0 amide bonds. The van der Waals surface area contributed by atoms with Crippen molar-refractivity contribution in [2.24, 2.45) is 0 Å². The van der Waals surface area contributed by atoms with Gasteiger partial charge in [-0.05, 0) is 89.1 Å². The standard InChI is InChI=1S/C51H90NO10P/c1-7-9-25-31-45-39-42(3)47(60-45)32-27-21-17-15-16-20-24-30-36-51(54)61-46(41-59-63(55,56)58-38-37-52-6)40-57-50(53)35-29-23-19-14-12-11-13-18-22-28-34-49-44(5)43(4)48(62-49)33-26-10-8-2/h39,46,52H,7-38,40-41H2,1-6H3,(H,55,56)/t46-/m1/s1. The highest BCUT2D eigenvalue weighted by Gasteiger charge is 2.26. The molecule has 0 spiro atoms. The molecule has 0 saturated heterocycles. The lowest BCUT2D eigenvalue weighted by Crippen LogP contribution is -2.29. The van der Waals surface area contributed by atoms with E-state index in [1.165, 1.54) is 125 Å². The van der Waals surface area contributed by atoms with E-state index in [2.05, 4.69) is 46.0 Å². The van der Waals surface area contributed by atoms with E-state index in [1.807, 2.05) is 0 Å². The highest BCUT2D eigenvalue weighted by atomic mass is 31.2. The number of likely N-dealkylation sites (N-methyl/N-ethyl adjacent to an activating group) is 1. The van der Waals surface area contributed by atoms with Crippen molar-refractivity contribution in [1.82, 2.24) is 5.32 Å². The number of ether oxygens (including phenoxy) is 2. The van der Waals surface area contributed by atoms with Crippen LogP contribution in [0, 0.1) is 20.8 Å². The number of carbonyl (C=O) groups is 2. The molecule has 2 N–H and O–H groups in total. The van der Waals surface area contributed by atoms with Gasteiger partial charge >= 0.3 is 19.8 Å². The summed E-state index contributed by atoms with van der Waals surface area (Å²) in [4.78, 5) is 35.4. The second-order valence-electron chi connectivity index (χ2n) is 17.8. The maximum absolute atomic E-state index is 12.7. The van der Waals surface area contributed by atoms with E-state index in [4.69, 9.17) is 27.4 Å². The Labute approximate surface area is 382 Å². The highest BCUT2D eigenvalue weighted by Crippen LogP contribution is 2.43. The van der Waals surface area contributed by atoms with Crippen molar-refractivity contribution >= 4 is 19.8 Å². The molecule has 0 bridgehead atoms. The second kappa shape index (κ2) is 35.8. The van der Waals surface area contributed by atoms with Gasteiger partial charge in [-0.2, -0.15) is 0 Å². The normalized spacial score (nSPS) is 13.1. The van der Waals surface area contributed by atoms with Crippen LogP contribution in [0.5, 0.6) is 0 Å². The number of furan rings is 2. The molecule has 2 aromatic heterocycles. The molecule has 0 radical (unpaired) electrons. The number of esters is 2. The molecule has 63 heavy (non-hydrogen) atoms. The zero-order valence-electron chi connectivity index (χ0n) is 40.8. The van der Waals surface area contributed by atoms with Crippen molar-refractivity contribution in [3.05, 3.63) is 45.8 Å². The molecule has 364 valence electrons. The number of nitrogens with one attached hydrogen (secondary N) is 1. The van der Waals surface area contributed by atoms with Gasteiger partial charge in [0.1, 0.15) is 29.6 Å². The number of aryl methyl sites for hydroxylation is 5. The van der Waals surface area contributed by atoms with E-state index in [-0.39, 0.29) is 32.0 Å². The smallest absolute Gasteiger partial charge is 0.466 e. The molecular formula is C51H90NO10P. The van der Waals surface area contributed by atoms with Crippen LogP contribution in [-0.2, 0) is 58.4 Å². The Morgan fingerprint density at radius 3 is 1.59 bits per heavy atom. The van der Waals surface area contributed by atoms with Gasteiger partial charge in [0, 0.05) is 45.1 Å². The summed E-state index contributed by atoms with van der Waals surface area (Å²) in [7, 11) is -2.67. The zero-order chi connectivity index (χ0) is 46.0. The lowest BCUT2D eigenvalue weighted by molar-refractivity contribution is -0.161. The number of carbonyl (C=O) groups excluding carboxylic acids is 2. The molecule has 2 rings (SSSR count). The molecule has 2 atom stereocenters. The van der Waals surface area contributed by atoms with E-state index in [0.29, 0.717) is 13.0 Å². The van der Waals surface area contributed by atoms with Crippen LogP contribution in [0.25, 0.3) is 0 Å². The van der Waals surface area contributed by atoms with Gasteiger partial charge in [0.25, 0.3) is 0 Å². The summed E-state index contributed by atoms with van der Waals surface area (Å²) in [6.45, 7) is 10.7. The van der Waals surface area contributed by atoms with Gasteiger partial charge in [0.15, 0.2) is 6.10 Å². The third-order valence-electron chi connectivity index (χ3n) is 12.1. The van der Waals surface area contributed by atoms with Crippen LogP contribution in [-0.4, -0.2) is 56.3 Å². The maximum Gasteiger partial charge on any atom is 0.472 e. The fourth-order valence-electron chi connectivity index (χ4n) is 7.92. The second-order valence-corrected chi connectivity index (χ2v) is 19.2. The Morgan fingerprint density at radius 2 is 1.06 bits per heavy atom. The summed E-state index contributed by atoms with van der Waals surface area (Å²) >= 11 is 0. The summed E-state index contributed by atoms with van der Waals surface area (Å²) in [5.74, 6) is 3.82. The number of phosphoric acid groups is 1. The van der Waals surface area contributed by atoms with Crippen molar-refractivity contribution < 1.29 is 46.4 Å². The minimum atomic E-state index is -4.37. The molecular weight excluding hydrogens is 818 g/mol. The summed E-state index contributed by atoms with van der Waals surface area (Å²) in [6.07, 6.45) is 30.6. The molecule has 1 unspecified atom stereocenters. The van der Waals surface area contributed by atoms with Crippen molar-refractivity contribution in [3.63, 3.8) is 0 Å². The first-order chi connectivity index (χ1) is 30.5. The van der Waals surface area contributed by atoms with E-state index < -0.39 is 26.5 Å². The van der Waals surface area contributed by atoms with Crippen LogP contribution in [0.2, 0.25) is 0 Å². The molecule has 0 saturated carbocycles. The fraction of sp³-hybridized carbons (Fsp3) is 0.804. The summed E-state index contributed by atoms with van der Waals surface area (Å²) in [6, 6.07) is 2.21. The van der Waals surface area contributed by atoms with Crippen LogP contribution in [0.3, 0.4) is 0 Å². The van der Waals surface area contributed by atoms with Crippen LogP contribution >= 0.6 is 7.82 Å². The molecule has 0 fully saturated rings. The van der Waals surface area contributed by atoms with Crippen molar-refractivity contribution in [2.75, 3.05) is 33.4 Å². The SMILES string of the molecule is CCCCCc1cc(C)c(CCCCCCCCCCC(=O)O[C@H](COC(=O)CCCCCCCCCCCCc2oc(CCCCC)c(C)c2C)COP(=O)(O)OCCNC)o1. The third-order valence-corrected chi connectivity index (χ3v) is 13.1. The number of rotatable bonds is 42. The lowest BCUT2D eigenvalue weighted by Gasteiger charge is -2.20. The number of hydrogen-bond acceptors (Lipinski definition) is 10. The number of unbranched alkanes of at least 4 members (excludes halogenated alkanes) is 20. The molecule has 0 aromatic carbocycles. The first kappa shape index (κ1) is 56.7. The first-order valence-electron chi connectivity index (χ1n) is 25.3. The van der Waals surface area contributed by atoms with Crippen LogP contribution < -0.4 is 5.32 Å². The van der Waals surface area contributed by atoms with E-state index in [9.17, 15) is 19.0 Å².